The minimum Gasteiger partial charge on any atom is -0.314 e. The van der Waals surface area contributed by atoms with Gasteiger partial charge in [-0.1, -0.05) is 30.3 Å². The molecule has 1 atom stereocenters. The molecule has 0 spiro atoms. The minimum absolute atomic E-state index is 0.109. The maximum absolute atomic E-state index is 6.78. The molecule has 0 saturated carbocycles. The van der Waals surface area contributed by atoms with E-state index in [1.165, 1.54) is 5.56 Å². The lowest BCUT2D eigenvalue weighted by Gasteiger charge is -1.97. The third kappa shape index (κ3) is 2.43. The molecule has 56 valence electrons. The average Bonchev–Trinajstić information content (AvgIpc) is 2.06. The fourth-order valence-corrected chi connectivity index (χ4v) is 1.00. The molecular formula is C10H11N. The van der Waals surface area contributed by atoms with Gasteiger partial charge in [-0.15, -0.1) is 0 Å². The highest BCUT2D eigenvalue weighted by Crippen LogP contribution is 2.04. The summed E-state index contributed by atoms with van der Waals surface area (Å²) in [5.41, 5.74) is 1.25. The van der Waals surface area contributed by atoms with Gasteiger partial charge in [-0.25, -0.2) is 6.57 Å². The molecule has 0 aliphatic rings. The first kappa shape index (κ1) is 7.81. The van der Waals surface area contributed by atoms with Crippen molar-refractivity contribution in [2.75, 3.05) is 0 Å². The Morgan fingerprint density at radius 2 is 2.00 bits per heavy atom. The fraction of sp³-hybridized carbons (Fsp3) is 0.300. The quantitative estimate of drug-likeness (QED) is 0.563. The van der Waals surface area contributed by atoms with Gasteiger partial charge >= 0.3 is 0 Å². The van der Waals surface area contributed by atoms with E-state index in [4.69, 9.17) is 6.57 Å². The molecule has 0 saturated heterocycles. The van der Waals surface area contributed by atoms with Gasteiger partial charge < -0.3 is 4.85 Å². The van der Waals surface area contributed by atoms with Gasteiger partial charge in [-0.2, -0.15) is 0 Å². The van der Waals surface area contributed by atoms with Crippen molar-refractivity contribution < 1.29 is 0 Å². The van der Waals surface area contributed by atoms with Crippen molar-refractivity contribution in [1.29, 1.82) is 0 Å². The van der Waals surface area contributed by atoms with Crippen molar-refractivity contribution in [3.8, 4) is 0 Å². The van der Waals surface area contributed by atoms with Gasteiger partial charge in [-0.3, -0.25) is 0 Å². The maximum atomic E-state index is 6.78. The molecule has 1 rings (SSSR count). The van der Waals surface area contributed by atoms with Crippen molar-refractivity contribution in [1.82, 2.24) is 0 Å². The van der Waals surface area contributed by atoms with Crippen LogP contribution in [0.3, 0.4) is 0 Å². The van der Waals surface area contributed by atoms with E-state index in [1.54, 1.807) is 0 Å². The first-order valence-corrected chi connectivity index (χ1v) is 3.73. The lowest BCUT2D eigenvalue weighted by Crippen LogP contribution is -1.99. The Balaban J connectivity index is 2.60. The van der Waals surface area contributed by atoms with Gasteiger partial charge in [0.05, 0.1) is 0 Å². The number of rotatable bonds is 2. The molecule has 11 heavy (non-hydrogen) atoms. The summed E-state index contributed by atoms with van der Waals surface area (Å²) < 4.78 is 0. The number of hydrogen-bond acceptors (Lipinski definition) is 0. The summed E-state index contributed by atoms with van der Waals surface area (Å²) in [5, 5.41) is 0. The van der Waals surface area contributed by atoms with Crippen molar-refractivity contribution in [2.24, 2.45) is 0 Å². The van der Waals surface area contributed by atoms with Crippen LogP contribution in [0.5, 0.6) is 0 Å². The molecule has 0 bridgehead atoms. The van der Waals surface area contributed by atoms with Crippen LogP contribution in [0.15, 0.2) is 30.3 Å². The van der Waals surface area contributed by atoms with Gasteiger partial charge in [0.2, 0.25) is 6.04 Å². The second-order valence-electron chi connectivity index (χ2n) is 2.67. The molecule has 1 aromatic carbocycles. The molecule has 1 nitrogen and oxygen atoms in total. The van der Waals surface area contributed by atoms with Crippen molar-refractivity contribution in [3.05, 3.63) is 47.3 Å². The molecule has 1 heteroatoms. The molecule has 0 amide bonds. The Labute approximate surface area is 67.5 Å². The Bertz CT molecular complexity index is 245. The number of hydrogen-bond donors (Lipinski definition) is 0. The first-order valence-electron chi connectivity index (χ1n) is 3.73. The standard InChI is InChI=1S/C10H11N/c1-9(11-2)8-10-6-4-3-5-7-10/h3-7,9H,8H2,1H3/t9-/m0/s1. The number of benzene rings is 1. The van der Waals surface area contributed by atoms with E-state index in [2.05, 4.69) is 17.0 Å². The molecule has 0 fully saturated rings. The molecule has 0 aliphatic carbocycles. The first-order chi connectivity index (χ1) is 5.33. The Morgan fingerprint density at radius 3 is 2.55 bits per heavy atom. The van der Waals surface area contributed by atoms with Gasteiger partial charge in [0.25, 0.3) is 0 Å². The molecule has 1 aromatic rings. The van der Waals surface area contributed by atoms with Gasteiger partial charge in [0, 0.05) is 13.3 Å². The zero-order valence-corrected chi connectivity index (χ0v) is 6.62. The van der Waals surface area contributed by atoms with Crippen LogP contribution in [-0.2, 0) is 6.42 Å². The van der Waals surface area contributed by atoms with Crippen LogP contribution in [0, 0.1) is 6.57 Å². The van der Waals surface area contributed by atoms with E-state index in [0.29, 0.717) is 0 Å². The van der Waals surface area contributed by atoms with Crippen molar-refractivity contribution in [2.45, 2.75) is 19.4 Å². The van der Waals surface area contributed by atoms with Gasteiger partial charge in [0.15, 0.2) is 0 Å². The Kier molecular flexibility index (Phi) is 2.68. The molecular weight excluding hydrogens is 134 g/mol. The van der Waals surface area contributed by atoms with Crippen LogP contribution in [0.2, 0.25) is 0 Å². The summed E-state index contributed by atoms with van der Waals surface area (Å²) >= 11 is 0. The Morgan fingerprint density at radius 1 is 1.36 bits per heavy atom. The van der Waals surface area contributed by atoms with Gasteiger partial charge in [0.1, 0.15) is 0 Å². The van der Waals surface area contributed by atoms with E-state index in [9.17, 15) is 0 Å². The zero-order valence-electron chi connectivity index (χ0n) is 6.62. The largest absolute Gasteiger partial charge is 0.314 e. The van der Waals surface area contributed by atoms with E-state index in [-0.39, 0.29) is 6.04 Å². The van der Waals surface area contributed by atoms with Crippen LogP contribution >= 0.6 is 0 Å². The van der Waals surface area contributed by atoms with Crippen molar-refractivity contribution in [3.63, 3.8) is 0 Å². The predicted molar refractivity (Wildman–Crippen MR) is 46.2 cm³/mol. The summed E-state index contributed by atoms with van der Waals surface area (Å²) in [6, 6.07) is 10.2. The van der Waals surface area contributed by atoms with Crippen LogP contribution in [0.4, 0.5) is 0 Å². The monoisotopic (exact) mass is 145 g/mol. The van der Waals surface area contributed by atoms with Gasteiger partial charge in [-0.05, 0) is 5.56 Å². The summed E-state index contributed by atoms with van der Waals surface area (Å²) in [5.74, 6) is 0. The summed E-state index contributed by atoms with van der Waals surface area (Å²) in [4.78, 5) is 3.43. The molecule has 0 unspecified atom stereocenters. The van der Waals surface area contributed by atoms with E-state index >= 15 is 0 Å². The van der Waals surface area contributed by atoms with Crippen LogP contribution in [0.25, 0.3) is 4.85 Å². The lowest BCUT2D eigenvalue weighted by atomic mass is 10.1. The van der Waals surface area contributed by atoms with Crippen LogP contribution in [0.1, 0.15) is 12.5 Å². The SMILES string of the molecule is [C-]#[N+][C@@H](C)Cc1ccccc1. The number of nitrogens with zero attached hydrogens (tertiary/aromatic N) is 1. The normalized spacial score (nSPS) is 12.0. The maximum Gasteiger partial charge on any atom is 0.225 e. The smallest absolute Gasteiger partial charge is 0.225 e. The zero-order chi connectivity index (χ0) is 8.10. The predicted octanol–water partition coefficient (Wildman–Crippen LogP) is 2.54. The average molecular weight is 145 g/mol. The Hall–Kier alpha value is -1.29. The van der Waals surface area contributed by atoms with E-state index < -0.39 is 0 Å². The second-order valence-corrected chi connectivity index (χ2v) is 2.67. The molecule has 0 heterocycles. The minimum atomic E-state index is 0.109. The summed E-state index contributed by atoms with van der Waals surface area (Å²) in [6.45, 7) is 8.73. The van der Waals surface area contributed by atoms with E-state index in [0.717, 1.165) is 6.42 Å². The van der Waals surface area contributed by atoms with Crippen LogP contribution < -0.4 is 0 Å². The summed E-state index contributed by atoms with van der Waals surface area (Å²) in [7, 11) is 0. The molecule has 0 N–H and O–H groups in total. The molecule has 0 radical (unpaired) electrons. The third-order valence-electron chi connectivity index (χ3n) is 1.59. The molecule has 0 aliphatic heterocycles. The van der Waals surface area contributed by atoms with Crippen molar-refractivity contribution >= 4 is 0 Å². The summed E-state index contributed by atoms with van der Waals surface area (Å²) in [6.07, 6.45) is 0.865. The van der Waals surface area contributed by atoms with E-state index in [1.807, 2.05) is 25.1 Å². The second kappa shape index (κ2) is 3.78. The topological polar surface area (TPSA) is 4.36 Å². The highest BCUT2D eigenvalue weighted by atomic mass is 14.7. The lowest BCUT2D eigenvalue weighted by molar-refractivity contribution is 0.844. The third-order valence-corrected chi connectivity index (χ3v) is 1.59. The molecule has 0 aromatic heterocycles. The highest BCUT2D eigenvalue weighted by molar-refractivity contribution is 5.16. The highest BCUT2D eigenvalue weighted by Gasteiger charge is 2.03. The van der Waals surface area contributed by atoms with Crippen LogP contribution in [-0.4, -0.2) is 6.04 Å². The fourth-order valence-electron chi connectivity index (χ4n) is 1.00.